The number of carboxylic acid groups (broad SMARTS) is 1. The molecule has 98 valence electrons. The molecule has 1 aromatic carbocycles. The van der Waals surface area contributed by atoms with Crippen molar-refractivity contribution < 1.29 is 19.8 Å². The number of benzene rings is 1. The summed E-state index contributed by atoms with van der Waals surface area (Å²) in [5.41, 5.74) is 0.706. The molecule has 1 aromatic rings. The maximum absolute atomic E-state index is 10.8. The maximum Gasteiger partial charge on any atom is 0.306 e. The van der Waals surface area contributed by atoms with Gasteiger partial charge in [0.25, 0.3) is 0 Å². The summed E-state index contributed by atoms with van der Waals surface area (Å²) < 4.78 is 0. The molecule has 0 saturated carbocycles. The van der Waals surface area contributed by atoms with Crippen molar-refractivity contribution in [1.82, 2.24) is 0 Å². The van der Waals surface area contributed by atoms with Crippen molar-refractivity contribution in [2.45, 2.75) is 24.3 Å². The molecule has 1 amide bonds. The fraction of sp³-hybridized carbons (Fsp3) is 0.333. The van der Waals surface area contributed by atoms with E-state index in [2.05, 4.69) is 5.32 Å². The minimum absolute atomic E-state index is 0.132. The van der Waals surface area contributed by atoms with Crippen LogP contribution in [0.4, 0.5) is 5.69 Å². The highest BCUT2D eigenvalue weighted by Gasteiger charge is 2.09. The van der Waals surface area contributed by atoms with Crippen LogP contribution in [0.2, 0.25) is 0 Å². The van der Waals surface area contributed by atoms with E-state index in [0.717, 1.165) is 4.90 Å². The van der Waals surface area contributed by atoms with Gasteiger partial charge in [-0.15, -0.1) is 11.8 Å². The Balaban J connectivity index is 2.43. The number of amides is 1. The second-order valence-electron chi connectivity index (χ2n) is 3.77. The van der Waals surface area contributed by atoms with Crippen LogP contribution >= 0.6 is 11.8 Å². The van der Waals surface area contributed by atoms with Crippen LogP contribution in [0, 0.1) is 0 Å². The Kier molecular flexibility index (Phi) is 5.67. The largest absolute Gasteiger partial charge is 0.481 e. The first-order valence-corrected chi connectivity index (χ1v) is 6.36. The number of hydrogen-bond donors (Lipinski definition) is 3. The van der Waals surface area contributed by atoms with Gasteiger partial charge < -0.3 is 15.5 Å². The van der Waals surface area contributed by atoms with E-state index < -0.39 is 12.1 Å². The van der Waals surface area contributed by atoms with Crippen molar-refractivity contribution in [3.63, 3.8) is 0 Å². The number of aliphatic hydroxyl groups excluding tert-OH is 1. The lowest BCUT2D eigenvalue weighted by Gasteiger charge is -2.08. The van der Waals surface area contributed by atoms with Crippen molar-refractivity contribution >= 4 is 29.3 Å². The Bertz CT molecular complexity index is 419. The summed E-state index contributed by atoms with van der Waals surface area (Å²) in [7, 11) is 0. The molecule has 0 radical (unpaired) electrons. The Morgan fingerprint density at radius 1 is 1.33 bits per heavy atom. The summed E-state index contributed by atoms with van der Waals surface area (Å²) >= 11 is 1.37. The van der Waals surface area contributed by atoms with Gasteiger partial charge in [0.05, 0.1) is 12.5 Å². The minimum atomic E-state index is -1.01. The van der Waals surface area contributed by atoms with Gasteiger partial charge in [0.15, 0.2) is 0 Å². The molecular formula is C12H15NO4S. The minimum Gasteiger partial charge on any atom is -0.481 e. The lowest BCUT2D eigenvalue weighted by atomic mass is 10.3. The molecule has 1 rings (SSSR count). The van der Waals surface area contributed by atoms with Gasteiger partial charge in [0.2, 0.25) is 5.91 Å². The van der Waals surface area contributed by atoms with E-state index in [4.69, 9.17) is 5.11 Å². The molecule has 1 atom stereocenters. The van der Waals surface area contributed by atoms with E-state index in [1.165, 1.54) is 18.7 Å². The van der Waals surface area contributed by atoms with Gasteiger partial charge in [-0.3, -0.25) is 9.59 Å². The number of hydrogen-bond acceptors (Lipinski definition) is 4. The van der Waals surface area contributed by atoms with Crippen molar-refractivity contribution in [2.24, 2.45) is 0 Å². The molecule has 18 heavy (non-hydrogen) atoms. The van der Waals surface area contributed by atoms with Crippen LogP contribution < -0.4 is 5.32 Å². The Morgan fingerprint density at radius 3 is 2.44 bits per heavy atom. The molecule has 0 spiro atoms. The van der Waals surface area contributed by atoms with E-state index in [0.29, 0.717) is 11.4 Å². The zero-order valence-electron chi connectivity index (χ0n) is 9.92. The summed E-state index contributed by atoms with van der Waals surface area (Å²) in [5.74, 6) is -0.817. The summed E-state index contributed by atoms with van der Waals surface area (Å²) in [4.78, 5) is 22.1. The Labute approximate surface area is 109 Å². The molecule has 0 aromatic heterocycles. The smallest absolute Gasteiger partial charge is 0.306 e. The second-order valence-corrected chi connectivity index (χ2v) is 4.86. The van der Waals surface area contributed by atoms with Crippen LogP contribution in [0.3, 0.4) is 0 Å². The molecule has 0 aliphatic heterocycles. The average Bonchev–Trinajstić information content (AvgIpc) is 2.26. The quantitative estimate of drug-likeness (QED) is 0.682. The second kappa shape index (κ2) is 7.03. The summed E-state index contributed by atoms with van der Waals surface area (Å²) in [6.07, 6.45) is -1.11. The van der Waals surface area contributed by atoms with Gasteiger partial charge in [-0.2, -0.15) is 0 Å². The van der Waals surface area contributed by atoms with Crippen LogP contribution in [0.15, 0.2) is 29.2 Å². The number of carboxylic acids is 1. The molecule has 0 aliphatic rings. The van der Waals surface area contributed by atoms with Crippen molar-refractivity contribution in [2.75, 3.05) is 11.1 Å². The zero-order chi connectivity index (χ0) is 13.5. The average molecular weight is 269 g/mol. The number of carbonyl (C=O) groups is 2. The molecule has 0 aliphatic carbocycles. The summed E-state index contributed by atoms with van der Waals surface area (Å²) in [5, 5.41) is 20.5. The van der Waals surface area contributed by atoms with Crippen LogP contribution in [0.25, 0.3) is 0 Å². The first-order valence-electron chi connectivity index (χ1n) is 5.37. The molecule has 5 nitrogen and oxygen atoms in total. The van der Waals surface area contributed by atoms with Gasteiger partial charge in [-0.1, -0.05) is 0 Å². The monoisotopic (exact) mass is 269 g/mol. The van der Waals surface area contributed by atoms with E-state index in [9.17, 15) is 14.7 Å². The normalized spacial score (nSPS) is 11.9. The third kappa shape index (κ3) is 5.70. The van der Waals surface area contributed by atoms with Crippen LogP contribution in [-0.2, 0) is 9.59 Å². The Hall–Kier alpha value is -1.53. The predicted octanol–water partition coefficient (Wildman–Crippen LogP) is 1.57. The summed E-state index contributed by atoms with van der Waals surface area (Å²) in [6, 6.07) is 7.13. The molecule has 3 N–H and O–H groups in total. The third-order valence-electron chi connectivity index (χ3n) is 2.03. The molecule has 6 heteroatoms. The molecule has 0 fully saturated rings. The van der Waals surface area contributed by atoms with Gasteiger partial charge in [-0.25, -0.2) is 0 Å². The van der Waals surface area contributed by atoms with Crippen LogP contribution in [0.1, 0.15) is 13.3 Å². The van der Waals surface area contributed by atoms with Crippen LogP contribution in [0.5, 0.6) is 0 Å². The van der Waals surface area contributed by atoms with Gasteiger partial charge >= 0.3 is 5.97 Å². The third-order valence-corrected chi connectivity index (χ3v) is 3.18. The topological polar surface area (TPSA) is 86.6 Å². The van der Waals surface area contributed by atoms with Gasteiger partial charge in [-0.05, 0) is 24.3 Å². The number of thioether (sulfide) groups is 1. The highest BCUT2D eigenvalue weighted by molar-refractivity contribution is 7.99. The van der Waals surface area contributed by atoms with E-state index in [1.807, 2.05) is 12.1 Å². The number of nitrogens with one attached hydrogen (secondary N) is 1. The first-order chi connectivity index (χ1) is 8.47. The van der Waals surface area contributed by atoms with Gasteiger partial charge in [0.1, 0.15) is 0 Å². The standard InChI is InChI=1S/C12H15NO4S/c1-8(14)13-9-2-4-11(5-3-9)18-7-10(15)6-12(16)17/h2-5,10,15H,6-7H2,1H3,(H,13,14)(H,16,17). The van der Waals surface area contributed by atoms with E-state index in [-0.39, 0.29) is 12.3 Å². The molecular weight excluding hydrogens is 254 g/mol. The summed E-state index contributed by atoms with van der Waals surface area (Å²) in [6.45, 7) is 1.44. The zero-order valence-corrected chi connectivity index (χ0v) is 10.7. The number of aliphatic carboxylic acids is 1. The van der Waals surface area contributed by atoms with Crippen molar-refractivity contribution in [1.29, 1.82) is 0 Å². The fourth-order valence-corrected chi connectivity index (χ4v) is 2.12. The first kappa shape index (κ1) is 14.5. The highest BCUT2D eigenvalue weighted by Crippen LogP contribution is 2.21. The van der Waals surface area contributed by atoms with Gasteiger partial charge in [0, 0.05) is 23.3 Å². The lowest BCUT2D eigenvalue weighted by Crippen LogP contribution is -2.15. The Morgan fingerprint density at radius 2 is 1.94 bits per heavy atom. The lowest BCUT2D eigenvalue weighted by molar-refractivity contribution is -0.138. The van der Waals surface area contributed by atoms with E-state index in [1.54, 1.807) is 12.1 Å². The van der Waals surface area contributed by atoms with E-state index >= 15 is 0 Å². The fourth-order valence-electron chi connectivity index (χ4n) is 1.29. The predicted molar refractivity (Wildman–Crippen MR) is 69.7 cm³/mol. The SMILES string of the molecule is CC(=O)Nc1ccc(SCC(O)CC(=O)O)cc1. The van der Waals surface area contributed by atoms with Crippen molar-refractivity contribution in [3.8, 4) is 0 Å². The molecule has 0 bridgehead atoms. The van der Waals surface area contributed by atoms with Crippen molar-refractivity contribution in [3.05, 3.63) is 24.3 Å². The molecule has 0 heterocycles. The highest BCUT2D eigenvalue weighted by atomic mass is 32.2. The molecule has 0 saturated heterocycles. The number of anilines is 1. The maximum atomic E-state index is 10.8. The number of rotatable bonds is 6. The molecule has 1 unspecified atom stereocenters. The number of carbonyl (C=O) groups excluding carboxylic acids is 1. The van der Waals surface area contributed by atoms with Crippen LogP contribution in [-0.4, -0.2) is 33.9 Å². The number of aliphatic hydroxyl groups is 1.